The van der Waals surface area contributed by atoms with Crippen molar-refractivity contribution in [2.75, 3.05) is 26.2 Å². The van der Waals surface area contributed by atoms with Crippen LogP contribution in [-0.4, -0.2) is 48.9 Å². The number of hydrogen-bond donors (Lipinski definition) is 2. The zero-order valence-corrected chi connectivity index (χ0v) is 11.6. The summed E-state index contributed by atoms with van der Waals surface area (Å²) in [4.78, 5) is 8.82. The van der Waals surface area contributed by atoms with Gasteiger partial charge in [-0.1, -0.05) is 7.43 Å². The number of nitrogens with zero attached hydrogens (tertiary/aromatic N) is 4. The molecule has 6 nitrogen and oxygen atoms in total. The van der Waals surface area contributed by atoms with E-state index >= 15 is 0 Å². The molecule has 0 fully saturated rings. The van der Waals surface area contributed by atoms with E-state index in [1.165, 1.54) is 0 Å². The third kappa shape index (κ3) is 3.52. The van der Waals surface area contributed by atoms with E-state index in [9.17, 15) is 0 Å². The van der Waals surface area contributed by atoms with Crippen molar-refractivity contribution in [1.82, 2.24) is 10.6 Å². The van der Waals surface area contributed by atoms with Gasteiger partial charge in [0.2, 0.25) is 0 Å². The summed E-state index contributed by atoms with van der Waals surface area (Å²) < 4.78 is 0. The van der Waals surface area contributed by atoms with E-state index in [0.29, 0.717) is 0 Å². The first-order valence-corrected chi connectivity index (χ1v) is 6.43. The highest BCUT2D eigenvalue weighted by molar-refractivity contribution is 5.93. The fraction of sp³-hybridized carbons (Fsp3) is 0.846. The second-order valence-corrected chi connectivity index (χ2v) is 5.63. The lowest BCUT2D eigenvalue weighted by Crippen LogP contribution is -2.41. The molecule has 108 valence electrons. The van der Waals surface area contributed by atoms with Crippen molar-refractivity contribution in [3.63, 3.8) is 0 Å². The maximum atomic E-state index is 4.47. The Bertz CT molecular complexity index is 367. The molecule has 0 aromatic heterocycles. The molecule has 2 aliphatic rings. The average Bonchev–Trinajstić information content (AvgIpc) is 2.99. The zero-order chi connectivity index (χ0) is 13.2. The van der Waals surface area contributed by atoms with Gasteiger partial charge in [-0.05, 0) is 27.7 Å². The van der Waals surface area contributed by atoms with Gasteiger partial charge in [-0.2, -0.15) is 10.2 Å². The van der Waals surface area contributed by atoms with E-state index in [-0.39, 0.29) is 7.43 Å². The number of aliphatic imine (C=N–C) groups is 2. The van der Waals surface area contributed by atoms with E-state index in [4.69, 9.17) is 0 Å². The molecule has 0 saturated heterocycles. The summed E-state index contributed by atoms with van der Waals surface area (Å²) in [5.74, 6) is 1.84. The largest absolute Gasteiger partial charge is 0.370 e. The van der Waals surface area contributed by atoms with Crippen LogP contribution in [0.2, 0.25) is 0 Å². The van der Waals surface area contributed by atoms with Gasteiger partial charge in [0.25, 0.3) is 0 Å². The lowest BCUT2D eigenvalue weighted by Gasteiger charge is -2.23. The smallest absolute Gasteiger partial charge is 0.133 e. The van der Waals surface area contributed by atoms with Gasteiger partial charge in [0, 0.05) is 13.1 Å². The third-order valence-corrected chi connectivity index (χ3v) is 3.06. The fourth-order valence-corrected chi connectivity index (χ4v) is 1.96. The van der Waals surface area contributed by atoms with Crippen LogP contribution in [0.1, 0.15) is 35.1 Å². The molecule has 6 heteroatoms. The Morgan fingerprint density at radius 2 is 1.21 bits per heavy atom. The molecule has 0 atom stereocenters. The predicted octanol–water partition coefficient (Wildman–Crippen LogP) is 1.64. The fourth-order valence-electron chi connectivity index (χ4n) is 1.96. The lowest BCUT2D eigenvalue weighted by atomic mass is 10.0. The van der Waals surface area contributed by atoms with Gasteiger partial charge in [-0.3, -0.25) is 9.98 Å². The number of rotatable bonds is 4. The first-order valence-electron chi connectivity index (χ1n) is 6.43. The summed E-state index contributed by atoms with van der Waals surface area (Å²) in [5, 5.41) is 15.4. The van der Waals surface area contributed by atoms with E-state index in [1.807, 2.05) is 27.7 Å². The molecule has 2 heterocycles. The molecule has 19 heavy (non-hydrogen) atoms. The Balaban J connectivity index is 0.00000180. The second kappa shape index (κ2) is 5.67. The minimum absolute atomic E-state index is 0. The maximum Gasteiger partial charge on any atom is 0.133 e. The third-order valence-electron chi connectivity index (χ3n) is 3.06. The lowest BCUT2D eigenvalue weighted by molar-refractivity contribution is 0.552. The molecule has 0 radical (unpaired) electrons. The van der Waals surface area contributed by atoms with Crippen molar-refractivity contribution in [2.45, 2.75) is 46.2 Å². The van der Waals surface area contributed by atoms with Gasteiger partial charge in [-0.25, -0.2) is 0 Å². The summed E-state index contributed by atoms with van der Waals surface area (Å²) in [5.41, 5.74) is -0.792. The molecular formula is C13H26N6. The molecule has 0 bridgehead atoms. The molecule has 0 aromatic carbocycles. The first kappa shape index (κ1) is 15.6. The van der Waals surface area contributed by atoms with Crippen LogP contribution >= 0.6 is 0 Å². The SMILES string of the molecule is C.CC(C)(N=NC(C)(C)C1=NCCN1)C1=NCCN1. The minimum Gasteiger partial charge on any atom is -0.370 e. The van der Waals surface area contributed by atoms with Crippen molar-refractivity contribution >= 4 is 11.7 Å². The Morgan fingerprint density at radius 1 is 0.842 bits per heavy atom. The topological polar surface area (TPSA) is 73.5 Å². The normalized spacial score (nSPS) is 19.6. The molecule has 0 amide bonds. The standard InChI is InChI=1S/C12H22N6.CH4/c1-11(2,9-13-5-6-14-9)17-18-12(3,4)10-15-7-8-16-10;/h5-8H2,1-4H3,(H,13,14)(H,15,16);1H4. The molecule has 0 saturated carbocycles. The average molecular weight is 266 g/mol. The van der Waals surface area contributed by atoms with Crippen molar-refractivity contribution < 1.29 is 0 Å². The van der Waals surface area contributed by atoms with Crippen molar-refractivity contribution in [3.8, 4) is 0 Å². The van der Waals surface area contributed by atoms with Crippen LogP contribution in [0.3, 0.4) is 0 Å². The van der Waals surface area contributed by atoms with Gasteiger partial charge in [0.1, 0.15) is 22.7 Å². The molecule has 0 spiro atoms. The van der Waals surface area contributed by atoms with Crippen LogP contribution in [0.5, 0.6) is 0 Å². The van der Waals surface area contributed by atoms with Crippen LogP contribution in [0, 0.1) is 0 Å². The number of azo groups is 1. The number of amidine groups is 2. The highest BCUT2D eigenvalue weighted by atomic mass is 15.3. The summed E-state index contributed by atoms with van der Waals surface area (Å²) in [6.07, 6.45) is 0. The molecule has 0 unspecified atom stereocenters. The van der Waals surface area contributed by atoms with Crippen LogP contribution < -0.4 is 10.6 Å². The van der Waals surface area contributed by atoms with Crippen LogP contribution in [0.15, 0.2) is 20.2 Å². The van der Waals surface area contributed by atoms with Crippen molar-refractivity contribution in [2.24, 2.45) is 20.2 Å². The Morgan fingerprint density at radius 3 is 1.47 bits per heavy atom. The van der Waals surface area contributed by atoms with Gasteiger partial charge in [0.15, 0.2) is 0 Å². The van der Waals surface area contributed by atoms with E-state index in [2.05, 4.69) is 30.8 Å². The van der Waals surface area contributed by atoms with Crippen molar-refractivity contribution in [3.05, 3.63) is 0 Å². The highest BCUT2D eigenvalue weighted by Crippen LogP contribution is 2.19. The molecular weight excluding hydrogens is 240 g/mol. The Labute approximate surface area is 115 Å². The minimum atomic E-state index is -0.396. The first-order chi connectivity index (χ1) is 8.42. The highest BCUT2D eigenvalue weighted by Gasteiger charge is 2.31. The van der Waals surface area contributed by atoms with Crippen LogP contribution in [0.25, 0.3) is 0 Å². The molecule has 2 N–H and O–H groups in total. The maximum absolute atomic E-state index is 4.47. The van der Waals surface area contributed by atoms with E-state index in [0.717, 1.165) is 37.9 Å². The second-order valence-electron chi connectivity index (χ2n) is 5.63. The summed E-state index contributed by atoms with van der Waals surface area (Å²) in [7, 11) is 0. The quantitative estimate of drug-likeness (QED) is 0.759. The number of hydrogen-bond acceptors (Lipinski definition) is 6. The zero-order valence-electron chi connectivity index (χ0n) is 11.6. The van der Waals surface area contributed by atoms with E-state index < -0.39 is 11.1 Å². The monoisotopic (exact) mass is 266 g/mol. The Kier molecular flexibility index (Phi) is 4.66. The Hall–Kier alpha value is -1.46. The predicted molar refractivity (Wildman–Crippen MR) is 80.4 cm³/mol. The van der Waals surface area contributed by atoms with Crippen molar-refractivity contribution in [1.29, 1.82) is 0 Å². The molecule has 0 aliphatic carbocycles. The summed E-state index contributed by atoms with van der Waals surface area (Å²) in [6, 6.07) is 0. The number of nitrogens with one attached hydrogen (secondary N) is 2. The van der Waals surface area contributed by atoms with Gasteiger partial charge >= 0.3 is 0 Å². The van der Waals surface area contributed by atoms with Gasteiger partial charge < -0.3 is 10.6 Å². The molecule has 2 rings (SSSR count). The van der Waals surface area contributed by atoms with Crippen LogP contribution in [0.4, 0.5) is 0 Å². The van der Waals surface area contributed by atoms with Gasteiger partial charge in [0.05, 0.1) is 13.1 Å². The summed E-state index contributed by atoms with van der Waals surface area (Å²) >= 11 is 0. The van der Waals surface area contributed by atoms with E-state index in [1.54, 1.807) is 0 Å². The van der Waals surface area contributed by atoms with Gasteiger partial charge in [-0.15, -0.1) is 0 Å². The summed E-state index contributed by atoms with van der Waals surface area (Å²) in [6.45, 7) is 11.5. The molecule has 2 aliphatic heterocycles. The van der Waals surface area contributed by atoms with Crippen LogP contribution in [-0.2, 0) is 0 Å². The molecule has 0 aromatic rings.